The Kier molecular flexibility index (Phi) is 5.90. The smallest absolute Gasteiger partial charge is 0.348 e. The van der Waals surface area contributed by atoms with Crippen LogP contribution in [0.25, 0.3) is 22.5 Å². The molecule has 5 rings (SSSR count). The predicted molar refractivity (Wildman–Crippen MR) is 129 cm³/mol. The number of nitrogens with zero attached hydrogens (tertiary/aromatic N) is 1. The number of urea groups is 1. The summed E-state index contributed by atoms with van der Waals surface area (Å²) in [5.74, 6) is -0.456. The summed E-state index contributed by atoms with van der Waals surface area (Å²) in [6.45, 7) is 2.04. The largest absolute Gasteiger partial charge is 0.418 e. The standard InChI is InChI=1S/C26H19F4N5O2/c1-13-11-31-23(33-13)17-9-8-15(18-12-32-24(36)22(17)18)16-7-6-14(10-20(16)27)34-25(37)35-21-5-3-2-4-19(21)26(28,29)30/h2-11H,12H2,1H3,(H,31,33)(H,32,36)(H2,34,35,37). The molecule has 0 spiro atoms. The summed E-state index contributed by atoms with van der Waals surface area (Å²) in [6.07, 6.45) is -3.01. The van der Waals surface area contributed by atoms with Gasteiger partial charge in [0.05, 0.1) is 16.8 Å². The molecule has 37 heavy (non-hydrogen) atoms. The number of H-pyrrole nitrogens is 1. The lowest BCUT2D eigenvalue weighted by Gasteiger charge is -2.15. The topological polar surface area (TPSA) is 98.9 Å². The van der Waals surface area contributed by atoms with Gasteiger partial charge in [-0.3, -0.25) is 4.79 Å². The number of fused-ring (bicyclic) bond motifs is 1. The van der Waals surface area contributed by atoms with Gasteiger partial charge < -0.3 is 20.9 Å². The molecule has 0 saturated heterocycles. The van der Waals surface area contributed by atoms with E-state index in [0.717, 1.165) is 23.9 Å². The number of rotatable bonds is 4. The van der Waals surface area contributed by atoms with E-state index in [1.165, 1.54) is 24.3 Å². The zero-order valence-corrected chi connectivity index (χ0v) is 19.3. The fourth-order valence-corrected chi connectivity index (χ4v) is 4.28. The number of nitrogens with one attached hydrogen (secondary N) is 4. The first-order valence-electron chi connectivity index (χ1n) is 11.1. The van der Waals surface area contributed by atoms with E-state index in [4.69, 9.17) is 0 Å². The molecule has 188 valence electrons. The molecule has 4 N–H and O–H groups in total. The highest BCUT2D eigenvalue weighted by Crippen LogP contribution is 2.37. The number of aryl methyl sites for hydroxylation is 1. The molecule has 3 amide bonds. The third-order valence-corrected chi connectivity index (χ3v) is 5.92. The van der Waals surface area contributed by atoms with Crippen LogP contribution in [-0.4, -0.2) is 21.9 Å². The van der Waals surface area contributed by atoms with Gasteiger partial charge in [-0.1, -0.05) is 18.2 Å². The minimum Gasteiger partial charge on any atom is -0.348 e. The van der Waals surface area contributed by atoms with Crippen molar-refractivity contribution in [2.24, 2.45) is 0 Å². The molecular weight excluding hydrogens is 490 g/mol. The lowest BCUT2D eigenvalue weighted by molar-refractivity contribution is -0.136. The number of hydrogen-bond acceptors (Lipinski definition) is 3. The monoisotopic (exact) mass is 509 g/mol. The van der Waals surface area contributed by atoms with Gasteiger partial charge in [-0.25, -0.2) is 14.2 Å². The lowest BCUT2D eigenvalue weighted by atomic mass is 9.92. The third kappa shape index (κ3) is 4.63. The summed E-state index contributed by atoms with van der Waals surface area (Å²) < 4.78 is 54.7. The van der Waals surface area contributed by atoms with E-state index in [1.54, 1.807) is 18.3 Å². The Balaban J connectivity index is 1.41. The Morgan fingerprint density at radius 2 is 1.73 bits per heavy atom. The quantitative estimate of drug-likeness (QED) is 0.250. The molecule has 0 unspecified atom stereocenters. The highest BCUT2D eigenvalue weighted by Gasteiger charge is 2.33. The van der Waals surface area contributed by atoms with Gasteiger partial charge in [-0.15, -0.1) is 0 Å². The van der Waals surface area contributed by atoms with Crippen LogP contribution >= 0.6 is 0 Å². The zero-order valence-electron chi connectivity index (χ0n) is 19.3. The summed E-state index contributed by atoms with van der Waals surface area (Å²) in [5, 5.41) is 7.25. The summed E-state index contributed by atoms with van der Waals surface area (Å²) in [7, 11) is 0. The van der Waals surface area contributed by atoms with Crippen molar-refractivity contribution >= 4 is 23.3 Å². The number of amides is 3. The Bertz CT molecular complexity index is 1540. The van der Waals surface area contributed by atoms with Gasteiger partial charge >= 0.3 is 12.2 Å². The highest BCUT2D eigenvalue weighted by atomic mass is 19.4. The second kappa shape index (κ2) is 9.08. The van der Waals surface area contributed by atoms with Crippen LogP contribution in [0.15, 0.2) is 60.8 Å². The Hall–Kier alpha value is -4.67. The average molecular weight is 509 g/mol. The van der Waals surface area contributed by atoms with Crippen LogP contribution in [0.5, 0.6) is 0 Å². The predicted octanol–water partition coefficient (Wildman–Crippen LogP) is 6.10. The number of para-hydroxylation sites is 1. The Morgan fingerprint density at radius 1 is 1.00 bits per heavy atom. The lowest BCUT2D eigenvalue weighted by Crippen LogP contribution is -2.21. The van der Waals surface area contributed by atoms with Gasteiger partial charge in [0.2, 0.25) is 0 Å². The first-order valence-corrected chi connectivity index (χ1v) is 11.1. The number of aromatic amines is 1. The second-order valence-corrected chi connectivity index (χ2v) is 8.43. The van der Waals surface area contributed by atoms with E-state index in [0.29, 0.717) is 28.1 Å². The molecule has 0 radical (unpaired) electrons. The molecule has 1 aliphatic rings. The van der Waals surface area contributed by atoms with Crippen molar-refractivity contribution in [1.29, 1.82) is 0 Å². The average Bonchev–Trinajstić information content (AvgIpc) is 3.44. The number of imidazole rings is 1. The summed E-state index contributed by atoms with van der Waals surface area (Å²) >= 11 is 0. The van der Waals surface area contributed by atoms with Crippen LogP contribution in [-0.2, 0) is 12.7 Å². The van der Waals surface area contributed by atoms with Crippen molar-refractivity contribution in [2.75, 3.05) is 10.6 Å². The van der Waals surface area contributed by atoms with Crippen LogP contribution in [0, 0.1) is 12.7 Å². The molecule has 4 aromatic rings. The van der Waals surface area contributed by atoms with E-state index >= 15 is 4.39 Å². The molecule has 11 heteroatoms. The van der Waals surface area contributed by atoms with Crippen molar-refractivity contribution in [2.45, 2.75) is 19.6 Å². The summed E-state index contributed by atoms with van der Waals surface area (Å²) in [6, 6.07) is 10.9. The molecule has 0 saturated carbocycles. The van der Waals surface area contributed by atoms with E-state index in [1.807, 2.05) is 6.92 Å². The minimum atomic E-state index is -4.65. The normalized spacial score (nSPS) is 12.7. The van der Waals surface area contributed by atoms with Crippen molar-refractivity contribution in [3.05, 3.63) is 89.0 Å². The maximum absolute atomic E-state index is 15.2. The van der Waals surface area contributed by atoms with Crippen LogP contribution in [0.3, 0.4) is 0 Å². The molecule has 0 aliphatic carbocycles. The number of anilines is 2. The first kappa shape index (κ1) is 24.0. The minimum absolute atomic E-state index is 0.0387. The van der Waals surface area contributed by atoms with E-state index in [-0.39, 0.29) is 23.7 Å². The van der Waals surface area contributed by atoms with Gasteiger partial charge in [0.15, 0.2) is 0 Å². The third-order valence-electron chi connectivity index (χ3n) is 5.92. The maximum Gasteiger partial charge on any atom is 0.418 e. The highest BCUT2D eigenvalue weighted by molar-refractivity contribution is 6.06. The number of carbonyl (C=O) groups excluding carboxylic acids is 2. The van der Waals surface area contributed by atoms with Crippen molar-refractivity contribution in [3.8, 4) is 22.5 Å². The zero-order chi connectivity index (χ0) is 26.3. The number of halogens is 4. The van der Waals surface area contributed by atoms with E-state index < -0.39 is 29.3 Å². The number of hydrogen-bond donors (Lipinski definition) is 4. The number of aromatic nitrogens is 2. The van der Waals surface area contributed by atoms with Crippen molar-refractivity contribution in [3.63, 3.8) is 0 Å². The number of benzene rings is 3. The number of carbonyl (C=O) groups is 2. The van der Waals surface area contributed by atoms with Crippen LogP contribution < -0.4 is 16.0 Å². The fraction of sp³-hybridized carbons (Fsp3) is 0.115. The summed E-state index contributed by atoms with van der Waals surface area (Å²) in [5.41, 5.74) is 1.73. The van der Waals surface area contributed by atoms with Crippen molar-refractivity contribution in [1.82, 2.24) is 15.3 Å². The molecule has 7 nitrogen and oxygen atoms in total. The summed E-state index contributed by atoms with van der Waals surface area (Å²) in [4.78, 5) is 32.3. The van der Waals surface area contributed by atoms with Crippen molar-refractivity contribution < 1.29 is 27.2 Å². The molecule has 0 fully saturated rings. The van der Waals surface area contributed by atoms with Gasteiger partial charge in [0.25, 0.3) is 5.91 Å². The van der Waals surface area contributed by atoms with Gasteiger partial charge in [0.1, 0.15) is 11.6 Å². The Labute approximate surface area is 207 Å². The molecule has 1 aromatic heterocycles. The fourth-order valence-electron chi connectivity index (χ4n) is 4.28. The van der Waals surface area contributed by atoms with Gasteiger partial charge in [0, 0.05) is 35.2 Å². The van der Waals surface area contributed by atoms with Crippen LogP contribution in [0.2, 0.25) is 0 Å². The number of alkyl halides is 3. The molecule has 3 aromatic carbocycles. The van der Waals surface area contributed by atoms with Gasteiger partial charge in [-0.05, 0) is 54.4 Å². The SMILES string of the molecule is Cc1cnc(-c2ccc(-c3ccc(NC(=O)Nc4ccccc4C(F)(F)F)cc3F)c3c2C(=O)NC3)[nH]1. The first-order chi connectivity index (χ1) is 17.6. The molecule has 2 heterocycles. The van der Waals surface area contributed by atoms with E-state index in [2.05, 4.69) is 25.9 Å². The molecule has 0 bridgehead atoms. The van der Waals surface area contributed by atoms with E-state index in [9.17, 15) is 22.8 Å². The van der Waals surface area contributed by atoms with Gasteiger partial charge in [-0.2, -0.15) is 13.2 Å². The Morgan fingerprint density at radius 3 is 2.43 bits per heavy atom. The van der Waals surface area contributed by atoms with Crippen LogP contribution in [0.1, 0.15) is 27.2 Å². The molecule has 0 atom stereocenters. The van der Waals surface area contributed by atoms with Crippen LogP contribution in [0.4, 0.5) is 33.7 Å². The second-order valence-electron chi connectivity index (χ2n) is 8.43. The molecule has 1 aliphatic heterocycles. The molecular formula is C26H19F4N5O2. The maximum atomic E-state index is 15.2.